The normalized spacial score (nSPS) is 11.4. The molecule has 5 rings (SSSR count). The summed E-state index contributed by atoms with van der Waals surface area (Å²) < 4.78 is 0. The van der Waals surface area contributed by atoms with E-state index < -0.39 is 0 Å². The lowest BCUT2D eigenvalue weighted by molar-refractivity contribution is 0.590. The zero-order valence-electron chi connectivity index (χ0n) is 20.0. The number of nitrogens with zero attached hydrogens (tertiary/aromatic N) is 1. The van der Waals surface area contributed by atoms with E-state index in [1.165, 1.54) is 22.0 Å². The van der Waals surface area contributed by atoms with Gasteiger partial charge in [-0.15, -0.1) is 0 Å². The molecule has 0 saturated heterocycles. The van der Waals surface area contributed by atoms with Gasteiger partial charge < -0.3 is 10.2 Å². The van der Waals surface area contributed by atoms with Crippen LogP contribution in [0.1, 0.15) is 26.3 Å². The molecule has 0 spiro atoms. The molecule has 5 aromatic carbocycles. The van der Waals surface area contributed by atoms with Crippen LogP contribution in [-0.2, 0) is 5.41 Å². The number of rotatable bonds is 5. The topological polar surface area (TPSA) is 15.3 Å². The minimum atomic E-state index is 0.113. The Kier molecular flexibility index (Phi) is 5.81. The fourth-order valence-corrected chi connectivity index (χ4v) is 4.35. The Labute approximate surface area is 202 Å². The van der Waals surface area contributed by atoms with E-state index in [0.717, 1.165) is 22.7 Å². The molecule has 1 N–H and O–H groups in total. The maximum absolute atomic E-state index is 3.54. The van der Waals surface area contributed by atoms with Crippen LogP contribution in [0.5, 0.6) is 0 Å². The highest BCUT2D eigenvalue weighted by molar-refractivity contribution is 5.99. The molecule has 5 aromatic rings. The van der Waals surface area contributed by atoms with Crippen molar-refractivity contribution >= 4 is 39.2 Å². The molecule has 2 heteroatoms. The summed E-state index contributed by atoms with van der Waals surface area (Å²) in [4.78, 5) is 2.35. The van der Waals surface area contributed by atoms with Crippen LogP contribution in [0, 0.1) is 0 Å². The molecule has 34 heavy (non-hydrogen) atoms. The zero-order valence-corrected chi connectivity index (χ0v) is 20.0. The molecule has 0 aliphatic heterocycles. The Morgan fingerprint density at radius 3 is 1.97 bits per heavy atom. The summed E-state index contributed by atoms with van der Waals surface area (Å²) in [5, 5.41) is 6.00. The van der Waals surface area contributed by atoms with Crippen LogP contribution in [0.25, 0.3) is 10.8 Å². The molecular formula is C32H30N2. The van der Waals surface area contributed by atoms with E-state index in [1.807, 2.05) is 18.2 Å². The van der Waals surface area contributed by atoms with Gasteiger partial charge in [-0.3, -0.25) is 0 Å². The highest BCUT2D eigenvalue weighted by Gasteiger charge is 2.18. The van der Waals surface area contributed by atoms with Crippen molar-refractivity contribution < 1.29 is 0 Å². The Morgan fingerprint density at radius 2 is 1.21 bits per heavy atom. The molecule has 0 heterocycles. The Balaban J connectivity index is 1.64. The van der Waals surface area contributed by atoms with Crippen LogP contribution in [-0.4, -0.2) is 0 Å². The number of nitrogens with one attached hydrogen (secondary N) is 1. The average Bonchev–Trinajstić information content (AvgIpc) is 2.85. The Bertz CT molecular complexity index is 1390. The largest absolute Gasteiger partial charge is 0.355 e. The van der Waals surface area contributed by atoms with Crippen molar-refractivity contribution in [1.82, 2.24) is 0 Å². The van der Waals surface area contributed by atoms with Gasteiger partial charge in [-0.25, -0.2) is 0 Å². The van der Waals surface area contributed by atoms with Gasteiger partial charge in [0.2, 0.25) is 0 Å². The predicted octanol–water partition coefficient (Wildman–Crippen LogP) is 9.35. The van der Waals surface area contributed by atoms with Gasteiger partial charge in [-0.2, -0.15) is 0 Å². The van der Waals surface area contributed by atoms with Crippen molar-refractivity contribution in [3.05, 3.63) is 127 Å². The summed E-state index contributed by atoms with van der Waals surface area (Å²) in [6.45, 7) is 6.76. The summed E-state index contributed by atoms with van der Waals surface area (Å²) in [7, 11) is 0. The minimum Gasteiger partial charge on any atom is -0.355 e. The zero-order chi connectivity index (χ0) is 23.5. The van der Waals surface area contributed by atoms with Crippen LogP contribution < -0.4 is 10.2 Å². The molecule has 0 radical (unpaired) electrons. The summed E-state index contributed by atoms with van der Waals surface area (Å²) in [5.74, 6) is 0. The van der Waals surface area contributed by atoms with Crippen LogP contribution in [0.2, 0.25) is 0 Å². The number of hydrogen-bond acceptors (Lipinski definition) is 2. The number of benzene rings is 5. The highest BCUT2D eigenvalue weighted by atomic mass is 15.1. The lowest BCUT2D eigenvalue weighted by atomic mass is 9.87. The molecule has 0 amide bonds. The summed E-state index contributed by atoms with van der Waals surface area (Å²) in [6.07, 6.45) is 0. The molecule has 2 nitrogen and oxygen atoms in total. The molecule has 0 aliphatic rings. The lowest BCUT2D eigenvalue weighted by Crippen LogP contribution is -2.13. The molecule has 0 unspecified atom stereocenters. The first kappa shape index (κ1) is 21.8. The van der Waals surface area contributed by atoms with Crippen molar-refractivity contribution in [3.63, 3.8) is 0 Å². The Morgan fingerprint density at radius 1 is 0.559 bits per heavy atom. The third kappa shape index (κ3) is 4.53. The number of hydrogen-bond donors (Lipinski definition) is 1. The van der Waals surface area contributed by atoms with E-state index in [2.05, 4.69) is 134 Å². The number of fused-ring (bicyclic) bond motifs is 1. The fourth-order valence-electron chi connectivity index (χ4n) is 4.35. The van der Waals surface area contributed by atoms with Crippen molar-refractivity contribution in [3.8, 4) is 0 Å². The van der Waals surface area contributed by atoms with Crippen molar-refractivity contribution in [2.75, 3.05) is 10.2 Å². The third-order valence-corrected chi connectivity index (χ3v) is 6.17. The molecule has 0 fully saturated rings. The summed E-state index contributed by atoms with van der Waals surface area (Å²) in [5.41, 5.74) is 6.99. The first-order valence-corrected chi connectivity index (χ1v) is 11.8. The van der Waals surface area contributed by atoms with Gasteiger partial charge in [-0.05, 0) is 64.9 Å². The molecule has 0 aliphatic carbocycles. The van der Waals surface area contributed by atoms with E-state index >= 15 is 0 Å². The van der Waals surface area contributed by atoms with Crippen molar-refractivity contribution in [2.45, 2.75) is 26.2 Å². The van der Waals surface area contributed by atoms with Gasteiger partial charge >= 0.3 is 0 Å². The van der Waals surface area contributed by atoms with E-state index in [1.54, 1.807) is 0 Å². The fraction of sp³-hybridized carbons (Fsp3) is 0.125. The molecule has 0 bridgehead atoms. The van der Waals surface area contributed by atoms with Gasteiger partial charge in [0.25, 0.3) is 0 Å². The second-order valence-corrected chi connectivity index (χ2v) is 9.67. The smallest absolute Gasteiger partial charge is 0.0540 e. The van der Waals surface area contributed by atoms with Crippen LogP contribution in [0.15, 0.2) is 121 Å². The second-order valence-electron chi connectivity index (χ2n) is 9.67. The monoisotopic (exact) mass is 442 g/mol. The number of anilines is 5. The van der Waals surface area contributed by atoms with Gasteiger partial charge in [0.15, 0.2) is 0 Å². The maximum atomic E-state index is 3.54. The average molecular weight is 443 g/mol. The van der Waals surface area contributed by atoms with Crippen molar-refractivity contribution in [1.29, 1.82) is 0 Å². The maximum Gasteiger partial charge on any atom is 0.0540 e. The minimum absolute atomic E-state index is 0.113. The van der Waals surface area contributed by atoms with E-state index in [9.17, 15) is 0 Å². The highest BCUT2D eigenvalue weighted by Crippen LogP contribution is 2.40. The van der Waals surface area contributed by atoms with E-state index in [4.69, 9.17) is 0 Å². The second kappa shape index (κ2) is 9.07. The molecule has 0 aromatic heterocycles. The van der Waals surface area contributed by atoms with E-state index in [0.29, 0.717) is 0 Å². The molecule has 168 valence electrons. The van der Waals surface area contributed by atoms with Crippen LogP contribution in [0.4, 0.5) is 28.4 Å². The summed E-state index contributed by atoms with van der Waals surface area (Å²) in [6, 6.07) is 43.0. The number of para-hydroxylation sites is 1. The molecular weight excluding hydrogens is 412 g/mol. The lowest BCUT2D eigenvalue weighted by Gasteiger charge is -2.28. The first-order valence-electron chi connectivity index (χ1n) is 11.8. The van der Waals surface area contributed by atoms with Gasteiger partial charge in [0.1, 0.15) is 0 Å². The summed E-state index contributed by atoms with van der Waals surface area (Å²) >= 11 is 0. The third-order valence-electron chi connectivity index (χ3n) is 6.17. The van der Waals surface area contributed by atoms with Gasteiger partial charge in [0, 0.05) is 28.1 Å². The van der Waals surface area contributed by atoms with E-state index in [-0.39, 0.29) is 5.41 Å². The first-order chi connectivity index (χ1) is 16.5. The van der Waals surface area contributed by atoms with Crippen LogP contribution >= 0.6 is 0 Å². The molecule has 0 saturated carbocycles. The van der Waals surface area contributed by atoms with Gasteiger partial charge in [0.05, 0.1) is 5.69 Å². The van der Waals surface area contributed by atoms with Crippen LogP contribution in [0.3, 0.4) is 0 Å². The SMILES string of the molecule is CC(C)(C)c1ccc(N(c2cccc(Nc3ccccc3)c2)c2cccc3ccccc23)cc1. The predicted molar refractivity (Wildman–Crippen MR) is 147 cm³/mol. The Hall–Kier alpha value is -4.04. The van der Waals surface area contributed by atoms with Gasteiger partial charge in [-0.1, -0.05) is 93.6 Å². The quantitative estimate of drug-likeness (QED) is 0.292. The standard InChI is InChI=1S/C32H30N2/c1-32(2,3)25-19-21-28(22-20-25)34(31-18-9-12-24-11-7-8-17-30(24)31)29-16-10-15-27(23-29)33-26-13-5-4-6-14-26/h4-23,33H,1-3H3. The molecule has 0 atom stereocenters. The van der Waals surface area contributed by atoms with Crippen molar-refractivity contribution in [2.24, 2.45) is 0 Å².